The molecule has 0 amide bonds. The molecule has 0 saturated heterocycles. The van der Waals surface area contributed by atoms with Crippen molar-refractivity contribution in [2.24, 2.45) is 0 Å². The third kappa shape index (κ3) is 150. The average molecular weight is 186 g/mol. The fourth-order valence-corrected chi connectivity index (χ4v) is 0. The third-order valence-corrected chi connectivity index (χ3v) is 0. The molecule has 7 heavy (non-hydrogen) atoms. The largest absolute Gasteiger partial charge is 2.00 e. The van der Waals surface area contributed by atoms with Gasteiger partial charge in [0.1, 0.15) is 0 Å². The van der Waals surface area contributed by atoms with Crippen molar-refractivity contribution in [2.75, 3.05) is 0 Å². The first kappa shape index (κ1) is 24.3. The third-order valence-electron chi connectivity index (χ3n) is 0. The van der Waals surface area contributed by atoms with Crippen LogP contribution in [0, 0.1) is 15.3 Å². The van der Waals surface area contributed by atoms with E-state index in [0.29, 0.717) is 0 Å². The van der Waals surface area contributed by atoms with Gasteiger partial charge in [0.25, 0.3) is 0 Å². The fourth-order valence-electron chi connectivity index (χ4n) is 0. The summed E-state index contributed by atoms with van der Waals surface area (Å²) in [7, 11) is 0. The molecule has 0 saturated carbocycles. The van der Waals surface area contributed by atoms with E-state index < -0.39 is 5.09 Å². The molecule has 0 aliphatic heterocycles. The summed E-state index contributed by atoms with van der Waals surface area (Å²) in [6, 6.07) is 0. The summed E-state index contributed by atoms with van der Waals surface area (Å²) in [5.41, 5.74) is 0. The summed E-state index contributed by atoms with van der Waals surface area (Å²) >= 11 is 0. The Bertz CT molecular complexity index is 37.9. The Balaban J connectivity index is -0.0000000150. The normalized spacial score (nSPS) is 3.43. The van der Waals surface area contributed by atoms with Gasteiger partial charge in [-0.05, 0) is 0 Å². The SMILES string of the molecule is O=[N+]([O-])[O-].[Cl-].[Na+].[Zn+2]. The van der Waals surface area contributed by atoms with Crippen molar-refractivity contribution in [1.29, 1.82) is 0 Å². The standard InChI is InChI=1S/ClH.NO3.Na.Zn/c;2-1(3)4;;/h1H;;;/q;-1;+1;+2/p-1. The van der Waals surface area contributed by atoms with E-state index in [2.05, 4.69) is 0 Å². The number of rotatable bonds is 0. The van der Waals surface area contributed by atoms with Gasteiger partial charge >= 0.3 is 49.0 Å². The van der Waals surface area contributed by atoms with Crippen molar-refractivity contribution in [3.8, 4) is 0 Å². The number of hydrogen-bond acceptors (Lipinski definition) is 3. The van der Waals surface area contributed by atoms with Crippen LogP contribution in [0.3, 0.4) is 0 Å². The van der Waals surface area contributed by atoms with Gasteiger partial charge in [-0.1, -0.05) is 0 Å². The van der Waals surface area contributed by atoms with Gasteiger partial charge in [-0.3, -0.25) is 0 Å². The van der Waals surface area contributed by atoms with Crippen LogP contribution in [0.25, 0.3) is 0 Å². The second-order valence-corrected chi connectivity index (χ2v) is 0.224. The molecule has 0 bridgehead atoms. The molecule has 0 spiro atoms. The number of halogens is 1. The zero-order chi connectivity index (χ0) is 3.58. The summed E-state index contributed by atoms with van der Waals surface area (Å²) in [6.07, 6.45) is 0. The van der Waals surface area contributed by atoms with Crippen LogP contribution < -0.4 is 42.0 Å². The first-order valence-electron chi connectivity index (χ1n) is 0.548. The van der Waals surface area contributed by atoms with Gasteiger partial charge in [0.05, 0.1) is 5.09 Å². The van der Waals surface area contributed by atoms with Crippen LogP contribution in [0.2, 0.25) is 0 Å². The van der Waals surface area contributed by atoms with E-state index in [0.717, 1.165) is 0 Å². The van der Waals surface area contributed by atoms with Gasteiger partial charge in [0.2, 0.25) is 0 Å². The Morgan fingerprint density at radius 3 is 1.29 bits per heavy atom. The molecule has 7 heteroatoms. The molecule has 0 N–H and O–H groups in total. The van der Waals surface area contributed by atoms with Gasteiger partial charge in [-0.15, -0.1) is 0 Å². The van der Waals surface area contributed by atoms with Crippen LogP contribution in [-0.2, 0) is 19.5 Å². The molecule has 0 aliphatic carbocycles. The zero-order valence-corrected chi connectivity index (χ0v) is 9.48. The summed E-state index contributed by atoms with van der Waals surface area (Å²) in [4.78, 5) is 8.25. The molecular weight excluding hydrogens is 186 g/mol. The van der Waals surface area contributed by atoms with E-state index >= 15 is 0 Å². The van der Waals surface area contributed by atoms with Crippen molar-refractivity contribution in [3.05, 3.63) is 15.3 Å². The maximum absolute atomic E-state index is 8.25. The Hall–Kier alpha value is 1.11. The van der Waals surface area contributed by atoms with Crippen molar-refractivity contribution in [1.82, 2.24) is 0 Å². The predicted octanol–water partition coefficient (Wildman–Crippen LogP) is -6.23. The molecule has 0 fully saturated rings. The van der Waals surface area contributed by atoms with E-state index in [-0.39, 0.29) is 61.4 Å². The van der Waals surface area contributed by atoms with Crippen LogP contribution in [0.15, 0.2) is 0 Å². The molecule has 0 rings (SSSR count). The topological polar surface area (TPSA) is 66.2 Å². The van der Waals surface area contributed by atoms with Crippen molar-refractivity contribution in [2.45, 2.75) is 0 Å². The predicted molar refractivity (Wildman–Crippen MR) is 10.4 cm³/mol. The summed E-state index contributed by atoms with van der Waals surface area (Å²) in [5, 5.41) is 14.8. The van der Waals surface area contributed by atoms with Gasteiger partial charge in [-0.25, -0.2) is 0 Å². The van der Waals surface area contributed by atoms with E-state index in [4.69, 9.17) is 15.3 Å². The number of hydrogen-bond donors (Lipinski definition) is 0. The van der Waals surface area contributed by atoms with Crippen molar-refractivity contribution >= 4 is 0 Å². The summed E-state index contributed by atoms with van der Waals surface area (Å²) < 4.78 is 0. The quantitative estimate of drug-likeness (QED) is 0.214. The first-order valence-corrected chi connectivity index (χ1v) is 0.548. The zero-order valence-electron chi connectivity index (χ0n) is 3.76. The van der Waals surface area contributed by atoms with E-state index in [1.54, 1.807) is 0 Å². The second-order valence-electron chi connectivity index (χ2n) is 0.224. The van der Waals surface area contributed by atoms with E-state index in [1.807, 2.05) is 0 Å². The van der Waals surface area contributed by atoms with Crippen LogP contribution in [0.5, 0.6) is 0 Å². The molecule has 0 unspecified atom stereocenters. The Morgan fingerprint density at radius 1 is 1.29 bits per heavy atom. The van der Waals surface area contributed by atoms with Crippen molar-refractivity contribution in [3.63, 3.8) is 0 Å². The van der Waals surface area contributed by atoms with Crippen LogP contribution in [0.4, 0.5) is 0 Å². The van der Waals surface area contributed by atoms with E-state index in [9.17, 15) is 0 Å². The van der Waals surface area contributed by atoms with Crippen LogP contribution in [0.1, 0.15) is 0 Å². The Morgan fingerprint density at radius 2 is 1.29 bits per heavy atom. The van der Waals surface area contributed by atoms with Crippen LogP contribution >= 0.6 is 0 Å². The molecule has 0 aromatic heterocycles. The molecule has 0 aliphatic rings. The van der Waals surface area contributed by atoms with Gasteiger partial charge in [0, 0.05) is 0 Å². The molecule has 0 heterocycles. The minimum Gasteiger partial charge on any atom is -1.00 e. The summed E-state index contributed by atoms with van der Waals surface area (Å²) in [6.45, 7) is 0. The monoisotopic (exact) mass is 184 g/mol. The maximum Gasteiger partial charge on any atom is 2.00 e. The Kier molecular flexibility index (Phi) is 54.5. The first-order chi connectivity index (χ1) is 1.73. The smallest absolute Gasteiger partial charge is 1.00 e. The molecule has 4 nitrogen and oxygen atoms in total. The molecule has 0 aromatic carbocycles. The Labute approximate surface area is 81.2 Å². The molecular formula is ClNNaO3Zn+. The molecule has 0 atom stereocenters. The average Bonchev–Trinajstić information content (AvgIpc) is 0.811. The van der Waals surface area contributed by atoms with Crippen molar-refractivity contribution < 1.29 is 66.5 Å². The molecule has 0 aromatic rings. The fraction of sp³-hybridized carbons (Fsp3) is 0. The maximum atomic E-state index is 8.25. The van der Waals surface area contributed by atoms with Crippen LogP contribution in [-0.4, -0.2) is 5.09 Å². The number of nitrogens with zero attached hydrogens (tertiary/aromatic N) is 1. The summed E-state index contributed by atoms with van der Waals surface area (Å²) in [5.74, 6) is 0. The van der Waals surface area contributed by atoms with Gasteiger partial charge < -0.3 is 27.7 Å². The molecule has 32 valence electrons. The van der Waals surface area contributed by atoms with Gasteiger partial charge in [0.15, 0.2) is 0 Å². The van der Waals surface area contributed by atoms with E-state index in [1.165, 1.54) is 0 Å². The second kappa shape index (κ2) is 15.7. The minimum atomic E-state index is -1.75. The minimum absolute atomic E-state index is 0. The van der Waals surface area contributed by atoms with Gasteiger partial charge in [-0.2, -0.15) is 0 Å². The molecule has 0 radical (unpaired) electrons.